The van der Waals surface area contributed by atoms with E-state index in [2.05, 4.69) is 0 Å². The molecular formula is C13H12ClFOS. The van der Waals surface area contributed by atoms with Gasteiger partial charge in [0, 0.05) is 21.9 Å². The highest BCUT2D eigenvalue weighted by Gasteiger charge is 2.16. The first-order valence-electron chi connectivity index (χ1n) is 5.24. The third-order valence-corrected chi connectivity index (χ3v) is 4.14. The predicted molar refractivity (Wildman–Crippen MR) is 69.1 cm³/mol. The van der Waals surface area contributed by atoms with E-state index in [1.165, 1.54) is 17.4 Å². The molecule has 0 saturated carbocycles. The van der Waals surface area contributed by atoms with Crippen LogP contribution in [0.1, 0.15) is 22.1 Å². The Morgan fingerprint density at radius 3 is 2.76 bits per heavy atom. The van der Waals surface area contributed by atoms with Gasteiger partial charge in [0.2, 0.25) is 0 Å². The van der Waals surface area contributed by atoms with Crippen LogP contribution in [0.2, 0.25) is 5.02 Å². The van der Waals surface area contributed by atoms with E-state index in [1.54, 1.807) is 12.1 Å². The van der Waals surface area contributed by atoms with Crippen LogP contribution in [0.15, 0.2) is 29.6 Å². The van der Waals surface area contributed by atoms with E-state index in [4.69, 9.17) is 11.6 Å². The highest BCUT2D eigenvalue weighted by Crippen LogP contribution is 2.29. The number of hydrogen-bond donors (Lipinski definition) is 1. The minimum atomic E-state index is -0.704. The van der Waals surface area contributed by atoms with Gasteiger partial charge in [0.1, 0.15) is 5.82 Å². The Morgan fingerprint density at radius 1 is 1.41 bits per heavy atom. The van der Waals surface area contributed by atoms with Crippen LogP contribution in [0, 0.1) is 12.7 Å². The largest absolute Gasteiger partial charge is 0.387 e. The molecule has 1 N–H and O–H groups in total. The van der Waals surface area contributed by atoms with Crippen LogP contribution >= 0.6 is 22.9 Å². The van der Waals surface area contributed by atoms with Crippen molar-refractivity contribution in [2.45, 2.75) is 19.4 Å². The Labute approximate surface area is 108 Å². The molecule has 1 aromatic carbocycles. The van der Waals surface area contributed by atoms with Gasteiger partial charge in [-0.1, -0.05) is 17.7 Å². The molecule has 0 bridgehead atoms. The summed E-state index contributed by atoms with van der Waals surface area (Å²) in [5.41, 5.74) is 1.39. The van der Waals surface area contributed by atoms with Gasteiger partial charge >= 0.3 is 0 Å². The number of halogens is 2. The number of aryl methyl sites for hydroxylation is 1. The molecule has 90 valence electrons. The van der Waals surface area contributed by atoms with Crippen LogP contribution in [0.4, 0.5) is 4.39 Å². The Balaban J connectivity index is 2.25. The lowest BCUT2D eigenvalue weighted by Gasteiger charge is -2.12. The van der Waals surface area contributed by atoms with Crippen LogP contribution in [0.3, 0.4) is 0 Å². The zero-order chi connectivity index (χ0) is 12.4. The van der Waals surface area contributed by atoms with E-state index in [-0.39, 0.29) is 12.2 Å². The molecule has 1 unspecified atom stereocenters. The molecule has 2 rings (SSSR count). The number of thiophene rings is 1. The Morgan fingerprint density at radius 2 is 2.18 bits per heavy atom. The minimum absolute atomic E-state index is 0.201. The van der Waals surface area contributed by atoms with Crippen molar-refractivity contribution in [3.8, 4) is 0 Å². The smallest absolute Gasteiger partial charge is 0.127 e. The van der Waals surface area contributed by atoms with Crippen molar-refractivity contribution in [3.63, 3.8) is 0 Å². The summed E-state index contributed by atoms with van der Waals surface area (Å²) >= 11 is 7.40. The standard InChI is InChI=1S/C13H12ClFOS/c1-8-5-6-17-13(8)12(16)7-9-10(14)3-2-4-11(9)15/h2-6,12,16H,7H2,1H3. The van der Waals surface area contributed by atoms with Crippen molar-refractivity contribution in [1.29, 1.82) is 0 Å². The minimum Gasteiger partial charge on any atom is -0.387 e. The highest BCUT2D eigenvalue weighted by molar-refractivity contribution is 7.10. The molecule has 1 atom stereocenters. The fourth-order valence-corrected chi connectivity index (χ4v) is 2.89. The zero-order valence-corrected chi connectivity index (χ0v) is 10.9. The van der Waals surface area contributed by atoms with E-state index in [9.17, 15) is 9.50 Å². The number of rotatable bonds is 3. The van der Waals surface area contributed by atoms with Gasteiger partial charge in [0.15, 0.2) is 0 Å². The average molecular weight is 271 g/mol. The van der Waals surface area contributed by atoms with Gasteiger partial charge in [-0.3, -0.25) is 0 Å². The third kappa shape index (κ3) is 2.68. The quantitative estimate of drug-likeness (QED) is 0.889. The van der Waals surface area contributed by atoms with Gasteiger partial charge < -0.3 is 5.11 Å². The average Bonchev–Trinajstić information content (AvgIpc) is 2.70. The molecule has 0 saturated heterocycles. The van der Waals surface area contributed by atoms with Crippen LogP contribution in [-0.2, 0) is 6.42 Å². The highest BCUT2D eigenvalue weighted by atomic mass is 35.5. The van der Waals surface area contributed by atoms with Gasteiger partial charge in [-0.15, -0.1) is 11.3 Å². The lowest BCUT2D eigenvalue weighted by atomic mass is 10.0. The second-order valence-electron chi connectivity index (χ2n) is 3.89. The van der Waals surface area contributed by atoms with Crippen LogP contribution in [0.25, 0.3) is 0 Å². The van der Waals surface area contributed by atoms with E-state index in [0.29, 0.717) is 10.6 Å². The first-order valence-corrected chi connectivity index (χ1v) is 6.50. The molecule has 0 fully saturated rings. The number of aliphatic hydroxyl groups excluding tert-OH is 1. The van der Waals surface area contributed by atoms with Crippen LogP contribution in [0.5, 0.6) is 0 Å². The zero-order valence-electron chi connectivity index (χ0n) is 9.28. The normalized spacial score (nSPS) is 12.7. The van der Waals surface area contributed by atoms with Gasteiger partial charge in [-0.25, -0.2) is 4.39 Å². The first kappa shape index (κ1) is 12.6. The summed E-state index contributed by atoms with van der Waals surface area (Å²) in [7, 11) is 0. The van der Waals surface area contributed by atoms with Gasteiger partial charge in [-0.05, 0) is 36.1 Å². The molecule has 0 spiro atoms. The van der Waals surface area contributed by atoms with E-state index in [0.717, 1.165) is 10.4 Å². The molecule has 1 heterocycles. The lowest BCUT2D eigenvalue weighted by molar-refractivity contribution is 0.180. The third-order valence-electron chi connectivity index (χ3n) is 2.66. The summed E-state index contributed by atoms with van der Waals surface area (Å²) in [6.07, 6.45) is -0.503. The molecule has 0 aliphatic heterocycles. The van der Waals surface area contributed by atoms with E-state index < -0.39 is 6.10 Å². The maximum absolute atomic E-state index is 13.6. The van der Waals surface area contributed by atoms with Gasteiger partial charge in [0.05, 0.1) is 6.10 Å². The monoisotopic (exact) mass is 270 g/mol. The van der Waals surface area contributed by atoms with Crippen molar-refractivity contribution in [3.05, 3.63) is 56.5 Å². The second-order valence-corrected chi connectivity index (χ2v) is 5.24. The summed E-state index contributed by atoms with van der Waals surface area (Å²) in [6.45, 7) is 1.93. The van der Waals surface area contributed by atoms with Crippen molar-refractivity contribution in [1.82, 2.24) is 0 Å². The topological polar surface area (TPSA) is 20.2 Å². The van der Waals surface area contributed by atoms with Crippen LogP contribution < -0.4 is 0 Å². The summed E-state index contributed by atoms with van der Waals surface area (Å²) in [5.74, 6) is -0.370. The van der Waals surface area contributed by atoms with Crippen molar-refractivity contribution in [2.75, 3.05) is 0 Å². The first-order chi connectivity index (χ1) is 8.09. The fourth-order valence-electron chi connectivity index (χ4n) is 1.74. The molecule has 1 aromatic heterocycles. The summed E-state index contributed by atoms with van der Waals surface area (Å²) in [4.78, 5) is 0.865. The molecule has 1 nitrogen and oxygen atoms in total. The van der Waals surface area contributed by atoms with Crippen molar-refractivity contribution in [2.24, 2.45) is 0 Å². The van der Waals surface area contributed by atoms with Crippen molar-refractivity contribution < 1.29 is 9.50 Å². The van der Waals surface area contributed by atoms with E-state index in [1.807, 2.05) is 18.4 Å². The second kappa shape index (κ2) is 5.17. The molecule has 17 heavy (non-hydrogen) atoms. The SMILES string of the molecule is Cc1ccsc1C(O)Cc1c(F)cccc1Cl. The van der Waals surface area contributed by atoms with Gasteiger partial charge in [-0.2, -0.15) is 0 Å². The fraction of sp³-hybridized carbons (Fsp3) is 0.231. The molecule has 0 aliphatic rings. The predicted octanol–water partition coefficient (Wildman–Crippen LogP) is 4.13. The Hall–Kier alpha value is -0.900. The molecule has 0 radical (unpaired) electrons. The van der Waals surface area contributed by atoms with Crippen LogP contribution in [-0.4, -0.2) is 5.11 Å². The molecule has 4 heteroatoms. The Kier molecular flexibility index (Phi) is 3.82. The molecule has 2 aromatic rings. The maximum Gasteiger partial charge on any atom is 0.127 e. The van der Waals surface area contributed by atoms with Gasteiger partial charge in [0.25, 0.3) is 0 Å². The Bertz CT molecular complexity index is 504. The number of benzene rings is 1. The maximum atomic E-state index is 13.6. The lowest BCUT2D eigenvalue weighted by Crippen LogP contribution is -2.03. The molecular weight excluding hydrogens is 259 g/mol. The summed E-state index contributed by atoms with van der Waals surface area (Å²) in [6, 6.07) is 6.49. The number of aliphatic hydroxyl groups is 1. The molecule has 0 aliphatic carbocycles. The van der Waals surface area contributed by atoms with Crippen molar-refractivity contribution >= 4 is 22.9 Å². The molecule has 0 amide bonds. The summed E-state index contributed by atoms with van der Waals surface area (Å²) in [5, 5.41) is 12.4. The van der Waals surface area contributed by atoms with E-state index >= 15 is 0 Å². The summed E-state index contributed by atoms with van der Waals surface area (Å²) < 4.78 is 13.6. The number of hydrogen-bond acceptors (Lipinski definition) is 2.